The third-order valence-electron chi connectivity index (χ3n) is 3.58. The van der Waals surface area contributed by atoms with Gasteiger partial charge in [-0.25, -0.2) is 4.79 Å². The molecule has 0 atom stereocenters. The number of rotatable bonds is 14. The van der Waals surface area contributed by atoms with Crippen molar-refractivity contribution in [3.8, 4) is 0 Å². The van der Waals surface area contributed by atoms with Gasteiger partial charge in [-0.2, -0.15) is 0 Å². The van der Waals surface area contributed by atoms with Gasteiger partial charge in [0.05, 0.1) is 6.61 Å². The highest BCUT2D eigenvalue weighted by molar-refractivity contribution is 5.86. The molecule has 3 N–H and O–H groups in total. The highest BCUT2D eigenvalue weighted by Crippen LogP contribution is 2.11. The smallest absolute Gasteiger partial charge is 0.333 e. The van der Waals surface area contributed by atoms with Crippen molar-refractivity contribution in [1.29, 1.82) is 0 Å². The minimum absolute atomic E-state index is 0. The Hall–Kier alpha value is -0.830. The van der Waals surface area contributed by atoms with Crippen molar-refractivity contribution >= 4 is 5.97 Å². The van der Waals surface area contributed by atoms with E-state index in [4.69, 9.17) is 4.74 Å². The van der Waals surface area contributed by atoms with Crippen molar-refractivity contribution in [3.05, 3.63) is 12.2 Å². The molecule has 0 unspecified atom stereocenters. The van der Waals surface area contributed by atoms with E-state index in [9.17, 15) is 4.79 Å². The van der Waals surface area contributed by atoms with Crippen LogP contribution in [0.15, 0.2) is 12.2 Å². The van der Waals surface area contributed by atoms with Crippen LogP contribution in [-0.4, -0.2) is 12.6 Å². The molecule has 0 aliphatic heterocycles. The molecule has 0 bridgehead atoms. The first kappa shape index (κ1) is 22.5. The monoisotopic (exact) mass is 299 g/mol. The lowest BCUT2D eigenvalue weighted by atomic mass is 10.1. The van der Waals surface area contributed by atoms with Crippen LogP contribution in [0.2, 0.25) is 0 Å². The molecule has 0 radical (unpaired) electrons. The van der Waals surface area contributed by atoms with Crippen LogP contribution in [0.5, 0.6) is 0 Å². The van der Waals surface area contributed by atoms with Crippen molar-refractivity contribution in [1.82, 2.24) is 6.15 Å². The quantitative estimate of drug-likeness (QED) is 0.244. The average Bonchev–Trinajstić information content (AvgIpc) is 2.43. The summed E-state index contributed by atoms with van der Waals surface area (Å²) >= 11 is 0. The van der Waals surface area contributed by atoms with Gasteiger partial charge in [0, 0.05) is 5.57 Å². The van der Waals surface area contributed by atoms with Gasteiger partial charge in [-0.05, 0) is 13.3 Å². The summed E-state index contributed by atoms with van der Waals surface area (Å²) in [5, 5.41) is 0. The predicted octanol–water partition coefficient (Wildman–Crippen LogP) is 5.97. The minimum atomic E-state index is -0.256. The average molecular weight is 299 g/mol. The maximum Gasteiger partial charge on any atom is 0.333 e. The van der Waals surface area contributed by atoms with Gasteiger partial charge in [0.15, 0.2) is 0 Å². The van der Waals surface area contributed by atoms with Crippen LogP contribution < -0.4 is 6.15 Å². The van der Waals surface area contributed by atoms with Gasteiger partial charge in [0.2, 0.25) is 0 Å². The second kappa shape index (κ2) is 17.2. The summed E-state index contributed by atoms with van der Waals surface area (Å²) in [6.45, 7) is 8.05. The molecule has 3 nitrogen and oxygen atoms in total. The summed E-state index contributed by atoms with van der Waals surface area (Å²) in [7, 11) is 0. The zero-order valence-corrected chi connectivity index (χ0v) is 14.4. The highest BCUT2D eigenvalue weighted by Gasteiger charge is 2.01. The molecule has 0 aromatic rings. The molecule has 0 aromatic heterocycles. The van der Waals surface area contributed by atoms with Crippen molar-refractivity contribution < 1.29 is 9.53 Å². The first-order valence-corrected chi connectivity index (χ1v) is 8.51. The topological polar surface area (TPSA) is 61.3 Å². The largest absolute Gasteiger partial charge is 0.462 e. The molecule has 0 fully saturated rings. The Morgan fingerprint density at radius 1 is 0.810 bits per heavy atom. The maximum absolute atomic E-state index is 11.1. The Bertz CT molecular complexity index is 252. The van der Waals surface area contributed by atoms with E-state index in [1.807, 2.05) is 0 Å². The first-order chi connectivity index (χ1) is 9.68. The fraction of sp³-hybridized carbons (Fsp3) is 0.833. The highest BCUT2D eigenvalue weighted by atomic mass is 16.5. The van der Waals surface area contributed by atoms with Gasteiger partial charge >= 0.3 is 5.97 Å². The number of carbonyl (C=O) groups is 1. The second-order valence-electron chi connectivity index (χ2n) is 5.81. The van der Waals surface area contributed by atoms with Crippen LogP contribution in [0.3, 0.4) is 0 Å². The molecule has 21 heavy (non-hydrogen) atoms. The van der Waals surface area contributed by atoms with E-state index in [1.54, 1.807) is 6.92 Å². The lowest BCUT2D eigenvalue weighted by Crippen LogP contribution is -2.05. The van der Waals surface area contributed by atoms with Gasteiger partial charge in [-0.3, -0.25) is 0 Å². The molecule has 0 heterocycles. The fourth-order valence-electron chi connectivity index (χ4n) is 2.23. The Morgan fingerprint density at radius 3 is 1.57 bits per heavy atom. The molecule has 126 valence electrons. The number of hydrogen-bond acceptors (Lipinski definition) is 3. The van der Waals surface area contributed by atoms with Crippen LogP contribution >= 0.6 is 0 Å². The van der Waals surface area contributed by atoms with Gasteiger partial charge in [0.25, 0.3) is 0 Å². The summed E-state index contributed by atoms with van der Waals surface area (Å²) in [5.74, 6) is -0.256. The number of unbranched alkanes of at least 4 members (excludes halogenated alkanes) is 11. The summed E-state index contributed by atoms with van der Waals surface area (Å²) in [4.78, 5) is 11.1. The summed E-state index contributed by atoms with van der Waals surface area (Å²) in [5.41, 5.74) is 0.490. The van der Waals surface area contributed by atoms with E-state index in [0.717, 1.165) is 6.42 Å². The molecule has 0 saturated heterocycles. The first-order valence-electron chi connectivity index (χ1n) is 8.51. The van der Waals surface area contributed by atoms with E-state index in [0.29, 0.717) is 12.2 Å². The normalized spacial score (nSPS) is 10.0. The van der Waals surface area contributed by atoms with E-state index in [1.165, 1.54) is 70.6 Å². The van der Waals surface area contributed by atoms with Gasteiger partial charge < -0.3 is 10.9 Å². The standard InChI is InChI=1S/C18H34O2.H3N/c1-4-5-6-7-8-9-10-11-12-13-14-15-16-20-18(19)17(2)3;/h2,4-16H2,1,3H3;1H3. The summed E-state index contributed by atoms with van der Waals surface area (Å²) < 4.78 is 5.06. The SMILES string of the molecule is C=C(C)C(=O)OCCCCCCCCCCCCCC.N. The molecule has 0 amide bonds. The predicted molar refractivity (Wildman–Crippen MR) is 91.9 cm³/mol. The van der Waals surface area contributed by atoms with Crippen molar-refractivity contribution in [2.75, 3.05) is 6.61 Å². The Labute approximate surface area is 132 Å². The zero-order valence-electron chi connectivity index (χ0n) is 14.4. The number of carbonyl (C=O) groups excluding carboxylic acids is 1. The maximum atomic E-state index is 11.1. The minimum Gasteiger partial charge on any atom is -0.462 e. The summed E-state index contributed by atoms with van der Waals surface area (Å²) in [6, 6.07) is 0. The molecule has 3 heteroatoms. The molecular formula is C18H37NO2. The molecule has 0 aliphatic rings. The molecule has 0 spiro atoms. The van der Waals surface area contributed by atoms with Crippen LogP contribution in [-0.2, 0) is 9.53 Å². The number of ether oxygens (including phenoxy) is 1. The molecule has 0 rings (SSSR count). The van der Waals surface area contributed by atoms with Crippen molar-refractivity contribution in [3.63, 3.8) is 0 Å². The Balaban J connectivity index is 0. The van der Waals surface area contributed by atoms with Crippen LogP contribution in [0.25, 0.3) is 0 Å². The molecule has 0 saturated carbocycles. The number of hydrogen-bond donors (Lipinski definition) is 1. The van der Waals surface area contributed by atoms with E-state index in [-0.39, 0.29) is 12.1 Å². The van der Waals surface area contributed by atoms with E-state index >= 15 is 0 Å². The molecular weight excluding hydrogens is 262 g/mol. The lowest BCUT2D eigenvalue weighted by Gasteiger charge is -2.04. The van der Waals surface area contributed by atoms with Gasteiger partial charge in [0.1, 0.15) is 0 Å². The lowest BCUT2D eigenvalue weighted by molar-refractivity contribution is -0.139. The van der Waals surface area contributed by atoms with Gasteiger partial charge in [-0.1, -0.05) is 84.1 Å². The van der Waals surface area contributed by atoms with Crippen molar-refractivity contribution in [2.45, 2.75) is 90.9 Å². The molecule has 0 aromatic carbocycles. The Morgan fingerprint density at radius 2 is 1.19 bits per heavy atom. The van der Waals surface area contributed by atoms with E-state index < -0.39 is 0 Å². The molecule has 0 aliphatic carbocycles. The Kier molecular flexibility index (Phi) is 18.4. The van der Waals surface area contributed by atoms with Crippen LogP contribution in [0.1, 0.15) is 90.9 Å². The van der Waals surface area contributed by atoms with E-state index in [2.05, 4.69) is 13.5 Å². The van der Waals surface area contributed by atoms with Gasteiger partial charge in [-0.15, -0.1) is 0 Å². The summed E-state index contributed by atoms with van der Waals surface area (Å²) in [6.07, 6.45) is 15.9. The van der Waals surface area contributed by atoms with Crippen LogP contribution in [0.4, 0.5) is 0 Å². The third-order valence-corrected chi connectivity index (χ3v) is 3.58. The third kappa shape index (κ3) is 17.1. The van der Waals surface area contributed by atoms with Crippen molar-refractivity contribution in [2.24, 2.45) is 0 Å². The number of esters is 1. The van der Waals surface area contributed by atoms with Crippen LogP contribution in [0, 0.1) is 0 Å². The fourth-order valence-corrected chi connectivity index (χ4v) is 2.23. The zero-order chi connectivity index (χ0) is 15.1. The second-order valence-corrected chi connectivity index (χ2v) is 5.81.